The van der Waals surface area contributed by atoms with Gasteiger partial charge in [0.15, 0.2) is 0 Å². The Morgan fingerprint density at radius 1 is 0.949 bits per heavy atom. The summed E-state index contributed by atoms with van der Waals surface area (Å²) in [6.07, 6.45) is 3.27. The van der Waals surface area contributed by atoms with Crippen LogP contribution in [0.3, 0.4) is 0 Å². The molecular formula is C32H35N3O4. The average Bonchev–Trinajstić information content (AvgIpc) is 3.22. The zero-order valence-corrected chi connectivity index (χ0v) is 22.7. The van der Waals surface area contributed by atoms with Crippen LogP contribution in [0.15, 0.2) is 78.9 Å². The Hall–Kier alpha value is -4.39. The molecule has 4 aromatic rings. The van der Waals surface area contributed by atoms with E-state index >= 15 is 0 Å². The third-order valence-corrected chi connectivity index (χ3v) is 7.08. The number of nitrogens with one attached hydrogen (secondary N) is 1. The molecular weight excluding hydrogens is 490 g/mol. The van der Waals surface area contributed by atoms with E-state index in [0.717, 1.165) is 24.9 Å². The lowest BCUT2D eigenvalue weighted by molar-refractivity contribution is -0.127. The molecule has 0 fully saturated rings. The van der Waals surface area contributed by atoms with Crippen LogP contribution in [0, 0.1) is 6.92 Å². The number of phenolic OH excluding ortho intramolecular Hbond substituents is 1. The second-order valence-corrected chi connectivity index (χ2v) is 9.80. The van der Waals surface area contributed by atoms with Crippen LogP contribution in [0.1, 0.15) is 54.2 Å². The van der Waals surface area contributed by atoms with Crippen molar-refractivity contribution in [2.75, 3.05) is 11.9 Å². The number of aromatic nitrogens is 1. The molecule has 1 unspecified atom stereocenters. The van der Waals surface area contributed by atoms with Crippen LogP contribution >= 0.6 is 0 Å². The minimum absolute atomic E-state index is 0.0343. The standard InChI is InChI=1S/C32H35N3O4/c1-4-5-8-17-28(32(39)34(3)24-15-11-7-12-16-24)33-30(37)21-26-22(2)35(29-19-18-25(36)20-27(26)29)31(38)23-13-9-6-10-14-23/h6-7,9-16,18-20,28,36H,4-5,8,17,21H2,1-3H3,(H,33,37). The first kappa shape index (κ1) is 27.6. The van der Waals surface area contributed by atoms with Gasteiger partial charge in [-0.05, 0) is 61.4 Å². The highest BCUT2D eigenvalue weighted by Crippen LogP contribution is 2.30. The van der Waals surface area contributed by atoms with E-state index in [-0.39, 0.29) is 29.9 Å². The molecule has 7 nitrogen and oxygen atoms in total. The van der Waals surface area contributed by atoms with Crippen LogP contribution in [-0.2, 0) is 16.0 Å². The number of rotatable bonds is 10. The minimum Gasteiger partial charge on any atom is -0.508 e. The Labute approximate surface area is 229 Å². The molecule has 39 heavy (non-hydrogen) atoms. The molecule has 0 saturated heterocycles. The molecule has 0 aliphatic carbocycles. The Balaban J connectivity index is 1.62. The van der Waals surface area contributed by atoms with Crippen molar-refractivity contribution in [3.8, 4) is 5.75 Å². The van der Waals surface area contributed by atoms with Crippen LogP contribution in [0.5, 0.6) is 5.75 Å². The Bertz CT molecular complexity index is 1460. The summed E-state index contributed by atoms with van der Waals surface area (Å²) in [5, 5.41) is 13.8. The van der Waals surface area contributed by atoms with Gasteiger partial charge in [0.2, 0.25) is 11.8 Å². The average molecular weight is 526 g/mol. The normalized spacial score (nSPS) is 11.8. The van der Waals surface area contributed by atoms with E-state index < -0.39 is 6.04 Å². The zero-order chi connectivity index (χ0) is 27.9. The Morgan fingerprint density at radius 2 is 1.62 bits per heavy atom. The number of hydrogen-bond donors (Lipinski definition) is 2. The maximum absolute atomic E-state index is 13.4. The fraction of sp³-hybridized carbons (Fsp3) is 0.281. The van der Waals surface area contributed by atoms with E-state index in [0.29, 0.717) is 34.1 Å². The number of unbranched alkanes of at least 4 members (excludes halogenated alkanes) is 2. The first-order valence-electron chi connectivity index (χ1n) is 13.4. The third kappa shape index (κ3) is 6.20. The molecule has 0 saturated carbocycles. The van der Waals surface area contributed by atoms with Crippen molar-refractivity contribution in [2.45, 2.75) is 52.0 Å². The van der Waals surface area contributed by atoms with Gasteiger partial charge in [0.25, 0.3) is 5.91 Å². The van der Waals surface area contributed by atoms with Crippen molar-refractivity contribution in [1.82, 2.24) is 9.88 Å². The van der Waals surface area contributed by atoms with Gasteiger partial charge in [0.1, 0.15) is 11.8 Å². The third-order valence-electron chi connectivity index (χ3n) is 7.08. The maximum atomic E-state index is 13.4. The van der Waals surface area contributed by atoms with Crippen LogP contribution in [-0.4, -0.2) is 40.5 Å². The van der Waals surface area contributed by atoms with Crippen molar-refractivity contribution >= 4 is 34.3 Å². The summed E-state index contributed by atoms with van der Waals surface area (Å²) >= 11 is 0. The van der Waals surface area contributed by atoms with E-state index in [4.69, 9.17) is 0 Å². The predicted octanol–water partition coefficient (Wildman–Crippen LogP) is 5.61. The lowest BCUT2D eigenvalue weighted by Gasteiger charge is -2.25. The maximum Gasteiger partial charge on any atom is 0.262 e. The summed E-state index contributed by atoms with van der Waals surface area (Å²) in [5.41, 5.74) is 3.15. The molecule has 1 aromatic heterocycles. The molecule has 0 bridgehead atoms. The highest BCUT2D eigenvalue weighted by atomic mass is 16.3. The Morgan fingerprint density at radius 3 is 2.28 bits per heavy atom. The summed E-state index contributed by atoms with van der Waals surface area (Å²) < 4.78 is 1.58. The molecule has 3 aromatic carbocycles. The summed E-state index contributed by atoms with van der Waals surface area (Å²) in [4.78, 5) is 41.9. The number of benzene rings is 3. The highest BCUT2D eigenvalue weighted by molar-refractivity contribution is 6.05. The minimum atomic E-state index is -0.678. The van der Waals surface area contributed by atoms with Gasteiger partial charge in [-0.1, -0.05) is 62.6 Å². The lowest BCUT2D eigenvalue weighted by Crippen LogP contribution is -2.48. The van der Waals surface area contributed by atoms with Gasteiger partial charge in [-0.2, -0.15) is 0 Å². The monoisotopic (exact) mass is 525 g/mol. The van der Waals surface area contributed by atoms with Gasteiger partial charge < -0.3 is 15.3 Å². The van der Waals surface area contributed by atoms with E-state index in [2.05, 4.69) is 12.2 Å². The number of carbonyl (C=O) groups excluding carboxylic acids is 3. The summed E-state index contributed by atoms with van der Waals surface area (Å²) in [7, 11) is 1.71. The molecule has 0 aliphatic rings. The van der Waals surface area contributed by atoms with Crippen molar-refractivity contribution in [3.63, 3.8) is 0 Å². The molecule has 4 rings (SSSR count). The second kappa shape index (κ2) is 12.4. The number of likely N-dealkylation sites (N-methyl/N-ethyl adjacent to an activating group) is 1. The number of phenols is 1. The summed E-state index contributed by atoms with van der Waals surface area (Å²) in [6, 6.07) is 22.4. The van der Waals surface area contributed by atoms with E-state index in [1.54, 1.807) is 59.8 Å². The van der Waals surface area contributed by atoms with E-state index in [9.17, 15) is 19.5 Å². The number of anilines is 1. The van der Waals surface area contributed by atoms with Crippen LogP contribution in [0.2, 0.25) is 0 Å². The van der Waals surface area contributed by atoms with Gasteiger partial charge in [0.05, 0.1) is 11.9 Å². The van der Waals surface area contributed by atoms with Gasteiger partial charge in [0, 0.05) is 29.4 Å². The second-order valence-electron chi connectivity index (χ2n) is 9.80. The largest absolute Gasteiger partial charge is 0.508 e. The number of carbonyl (C=O) groups is 3. The predicted molar refractivity (Wildman–Crippen MR) is 154 cm³/mol. The molecule has 2 N–H and O–H groups in total. The number of fused-ring (bicyclic) bond motifs is 1. The molecule has 1 heterocycles. The van der Waals surface area contributed by atoms with Crippen LogP contribution in [0.4, 0.5) is 5.69 Å². The molecule has 2 amide bonds. The number of amides is 2. The smallest absolute Gasteiger partial charge is 0.262 e. The molecule has 202 valence electrons. The number of nitrogens with zero attached hydrogens (tertiary/aromatic N) is 2. The molecule has 0 radical (unpaired) electrons. The van der Waals surface area contributed by atoms with E-state index in [1.807, 2.05) is 36.4 Å². The molecule has 7 heteroatoms. The SMILES string of the molecule is CCCCCC(NC(=O)Cc1c(C)n(C(=O)c2ccccc2)c2ccc(O)cc12)C(=O)N(C)c1ccccc1. The van der Waals surface area contributed by atoms with Gasteiger partial charge in [-0.3, -0.25) is 19.0 Å². The van der Waals surface area contributed by atoms with Gasteiger partial charge >= 0.3 is 0 Å². The highest BCUT2D eigenvalue weighted by Gasteiger charge is 2.27. The van der Waals surface area contributed by atoms with E-state index in [1.165, 1.54) is 6.07 Å². The lowest BCUT2D eigenvalue weighted by atomic mass is 10.0. The van der Waals surface area contributed by atoms with Crippen molar-refractivity contribution in [3.05, 3.63) is 95.7 Å². The fourth-order valence-corrected chi connectivity index (χ4v) is 4.94. The number of aromatic hydroxyl groups is 1. The first-order chi connectivity index (χ1) is 18.8. The van der Waals surface area contributed by atoms with Gasteiger partial charge in [-0.15, -0.1) is 0 Å². The fourth-order valence-electron chi connectivity index (χ4n) is 4.94. The van der Waals surface area contributed by atoms with Crippen molar-refractivity contribution < 1.29 is 19.5 Å². The zero-order valence-electron chi connectivity index (χ0n) is 22.7. The van der Waals surface area contributed by atoms with Gasteiger partial charge in [-0.25, -0.2) is 0 Å². The van der Waals surface area contributed by atoms with Crippen LogP contribution in [0.25, 0.3) is 10.9 Å². The summed E-state index contributed by atoms with van der Waals surface area (Å²) in [6.45, 7) is 3.89. The topological polar surface area (TPSA) is 91.6 Å². The van der Waals surface area contributed by atoms with Crippen molar-refractivity contribution in [2.24, 2.45) is 0 Å². The Kier molecular flexibility index (Phi) is 8.81. The van der Waals surface area contributed by atoms with Crippen molar-refractivity contribution in [1.29, 1.82) is 0 Å². The quantitative estimate of drug-likeness (QED) is 0.263. The number of para-hydroxylation sites is 1. The molecule has 1 atom stereocenters. The van der Waals surface area contributed by atoms with Crippen LogP contribution < -0.4 is 10.2 Å². The first-order valence-corrected chi connectivity index (χ1v) is 13.4. The molecule has 0 aliphatic heterocycles. The number of hydrogen-bond acceptors (Lipinski definition) is 4. The summed E-state index contributed by atoms with van der Waals surface area (Å²) in [5.74, 6) is -0.663. The molecule has 0 spiro atoms.